The van der Waals surface area contributed by atoms with Gasteiger partial charge in [0.25, 0.3) is 5.91 Å². The van der Waals surface area contributed by atoms with E-state index in [9.17, 15) is 34.5 Å². The molecule has 0 saturated carbocycles. The van der Waals surface area contributed by atoms with Crippen molar-refractivity contribution in [2.45, 2.75) is 43.6 Å². The van der Waals surface area contributed by atoms with E-state index < -0.39 is 47.2 Å². The van der Waals surface area contributed by atoms with Gasteiger partial charge in [-0.05, 0) is 25.2 Å². The Bertz CT molecular complexity index is 761. The molecule has 0 aromatic carbocycles. The van der Waals surface area contributed by atoms with Crippen LogP contribution in [0.15, 0.2) is 16.3 Å². The van der Waals surface area contributed by atoms with E-state index in [1.807, 2.05) is 0 Å². The molecule has 3 atom stereocenters. The van der Waals surface area contributed by atoms with Gasteiger partial charge in [0, 0.05) is 24.3 Å². The fraction of sp³-hybridized carbons (Fsp3) is 0.562. The molecule has 0 aliphatic carbocycles. The number of fused-ring (bicyclic) bond motifs is 1. The standard InChI is InChI=1S/C16H21N3O8S.2Na/c1-7(20)27-5-8-6-28-14-11(13(22)19(14)12(8)16(25)26)18-10(21)4-2-3-9(17)15(23)24;;/h9,11,14H,2-6,17H2,1H3,(H,18,21)(H,23,24)(H,25,26);;/q;2*+1/p-2/t9-,11-,14-;;/m1../s1. The van der Waals surface area contributed by atoms with Crippen LogP contribution in [0, 0.1) is 0 Å². The van der Waals surface area contributed by atoms with Crippen molar-refractivity contribution in [1.29, 1.82) is 0 Å². The summed E-state index contributed by atoms with van der Waals surface area (Å²) in [6, 6.07) is -2.18. The maximum absolute atomic E-state index is 12.4. The van der Waals surface area contributed by atoms with Crippen molar-refractivity contribution in [2.75, 3.05) is 12.4 Å². The molecule has 14 heteroatoms. The second kappa shape index (κ2) is 13.1. The van der Waals surface area contributed by atoms with E-state index in [-0.39, 0.29) is 96.4 Å². The Hall–Kier alpha value is -0.600. The predicted octanol–water partition coefficient (Wildman–Crippen LogP) is -8.81. The Morgan fingerprint density at radius 3 is 2.53 bits per heavy atom. The second-order valence-electron chi connectivity index (χ2n) is 6.23. The third-order valence-corrected chi connectivity index (χ3v) is 5.49. The van der Waals surface area contributed by atoms with Crippen molar-refractivity contribution in [2.24, 2.45) is 10.7 Å². The summed E-state index contributed by atoms with van der Waals surface area (Å²) < 4.78 is 4.83. The first-order valence-electron chi connectivity index (χ1n) is 8.37. The van der Waals surface area contributed by atoms with Crippen molar-refractivity contribution >= 4 is 41.5 Å². The van der Waals surface area contributed by atoms with Crippen LogP contribution in [0.1, 0.15) is 26.2 Å². The number of amides is 1. The molecule has 0 spiro atoms. The number of thioether (sulfide) groups is 1. The minimum atomic E-state index is -1.41. The van der Waals surface area contributed by atoms with Gasteiger partial charge in [-0.1, -0.05) is 0 Å². The molecule has 30 heavy (non-hydrogen) atoms. The van der Waals surface area contributed by atoms with Gasteiger partial charge in [0.15, 0.2) is 6.04 Å². The Kier molecular flexibility index (Phi) is 12.8. The van der Waals surface area contributed by atoms with Gasteiger partial charge in [0.1, 0.15) is 17.7 Å². The number of nitrogens with two attached hydrogens (primary N) is 1. The van der Waals surface area contributed by atoms with Crippen LogP contribution in [0.5, 0.6) is 0 Å². The molecule has 0 radical (unpaired) electrons. The zero-order valence-corrected chi connectivity index (χ0v) is 21.8. The molecule has 2 aliphatic heterocycles. The fourth-order valence-corrected chi connectivity index (χ4v) is 4.07. The van der Waals surface area contributed by atoms with Gasteiger partial charge in [-0.3, -0.25) is 19.5 Å². The normalized spacial score (nSPS) is 21.5. The zero-order chi connectivity index (χ0) is 21.0. The number of ether oxygens (including phenoxy) is 1. The van der Waals surface area contributed by atoms with Gasteiger partial charge in [0.2, 0.25) is 0 Å². The Morgan fingerprint density at radius 2 is 2.00 bits per heavy atom. The molecule has 2 aliphatic rings. The molecule has 2 rings (SSSR count). The summed E-state index contributed by atoms with van der Waals surface area (Å²) in [5, 5.41) is 31.3. The number of rotatable bonds is 9. The van der Waals surface area contributed by atoms with Crippen LogP contribution >= 0.6 is 11.8 Å². The second-order valence-corrected chi connectivity index (χ2v) is 7.34. The molecule has 1 fully saturated rings. The SMILES string of the molecule is CC(=O)OCC1=C(C(=O)O)N2C(=O)[C@@H](N=C([O-])CCC[C@@H](N)C(=O)[O-])[C@H]2SC1.[Na+].[Na+]. The Morgan fingerprint density at radius 1 is 1.37 bits per heavy atom. The van der Waals surface area contributed by atoms with Crippen molar-refractivity contribution in [3.8, 4) is 0 Å². The zero-order valence-electron chi connectivity index (χ0n) is 17.0. The summed E-state index contributed by atoms with van der Waals surface area (Å²) in [5.74, 6) is -4.32. The molecule has 0 bridgehead atoms. The number of carbonyl (C=O) groups is 4. The van der Waals surface area contributed by atoms with Crippen molar-refractivity contribution in [3.05, 3.63) is 11.3 Å². The number of nitrogens with zero attached hydrogens (tertiary/aromatic N) is 2. The molecule has 11 nitrogen and oxygen atoms in total. The smallest absolute Gasteiger partial charge is 0.862 e. The molecular formula is C16H19N3Na2O8S. The van der Waals surface area contributed by atoms with Crippen LogP contribution in [0.25, 0.3) is 0 Å². The first kappa shape index (κ1) is 29.4. The third-order valence-electron chi connectivity index (χ3n) is 4.16. The summed E-state index contributed by atoms with van der Waals surface area (Å²) in [6.07, 6.45) is 0.131. The first-order valence-corrected chi connectivity index (χ1v) is 9.41. The molecule has 0 aromatic heterocycles. The van der Waals surface area contributed by atoms with Gasteiger partial charge in [-0.2, -0.15) is 0 Å². The predicted molar refractivity (Wildman–Crippen MR) is 92.4 cm³/mol. The van der Waals surface area contributed by atoms with Gasteiger partial charge in [-0.25, -0.2) is 4.79 Å². The number of hydrogen-bond donors (Lipinski definition) is 2. The average molecular weight is 459 g/mol. The summed E-state index contributed by atoms with van der Waals surface area (Å²) in [6.45, 7) is 0.953. The Labute approximate surface area is 221 Å². The molecular weight excluding hydrogens is 440 g/mol. The monoisotopic (exact) mass is 459 g/mol. The summed E-state index contributed by atoms with van der Waals surface area (Å²) in [4.78, 5) is 50.3. The molecule has 1 amide bonds. The summed E-state index contributed by atoms with van der Waals surface area (Å²) in [5.41, 5.74) is 5.33. The fourth-order valence-electron chi connectivity index (χ4n) is 2.76. The third kappa shape index (κ3) is 7.23. The van der Waals surface area contributed by atoms with Crippen molar-refractivity contribution in [1.82, 2.24) is 4.90 Å². The van der Waals surface area contributed by atoms with Crippen molar-refractivity contribution in [3.63, 3.8) is 0 Å². The molecule has 1 saturated heterocycles. The molecule has 154 valence electrons. The average Bonchev–Trinajstić information content (AvgIpc) is 2.62. The van der Waals surface area contributed by atoms with E-state index >= 15 is 0 Å². The summed E-state index contributed by atoms with van der Waals surface area (Å²) in [7, 11) is 0. The van der Waals surface area contributed by atoms with E-state index in [1.165, 1.54) is 18.7 Å². The quantitative estimate of drug-likeness (QED) is 0.110. The molecule has 3 N–H and O–H groups in total. The molecule has 2 heterocycles. The van der Waals surface area contributed by atoms with E-state index in [0.29, 0.717) is 5.57 Å². The minimum Gasteiger partial charge on any atom is -0.862 e. The maximum Gasteiger partial charge on any atom is 1.00 e. The van der Waals surface area contributed by atoms with Crippen LogP contribution < -0.4 is 75.1 Å². The maximum atomic E-state index is 12.4. The number of aliphatic carboxylic acids is 2. The van der Waals surface area contributed by atoms with Crippen LogP contribution in [-0.4, -0.2) is 69.5 Å². The van der Waals surface area contributed by atoms with Crippen LogP contribution in [-0.2, 0) is 23.9 Å². The van der Waals surface area contributed by atoms with Crippen LogP contribution in [0.2, 0.25) is 0 Å². The number of hydrogen-bond acceptors (Lipinski definition) is 10. The number of esters is 1. The van der Waals surface area contributed by atoms with Gasteiger partial charge in [0.05, 0.1) is 5.97 Å². The van der Waals surface area contributed by atoms with E-state index in [0.717, 1.165) is 4.90 Å². The van der Waals surface area contributed by atoms with E-state index in [2.05, 4.69) is 4.99 Å². The molecule has 0 unspecified atom stereocenters. The van der Waals surface area contributed by atoms with E-state index in [4.69, 9.17) is 10.5 Å². The van der Waals surface area contributed by atoms with Crippen LogP contribution in [0.4, 0.5) is 0 Å². The van der Waals surface area contributed by atoms with Crippen molar-refractivity contribution < 1.29 is 98.3 Å². The topological polar surface area (TPSA) is 185 Å². The number of aliphatic imine (C=N–C) groups is 1. The minimum absolute atomic E-state index is 0. The van der Waals surface area contributed by atoms with Gasteiger partial charge >= 0.3 is 71.1 Å². The molecule has 0 aromatic rings. The number of carboxylic acids is 2. The number of β-lactam (4-membered cyclic amide) rings is 1. The number of carbonyl (C=O) groups excluding carboxylic acids is 3. The number of carboxylic acid groups (broad SMARTS) is 2. The van der Waals surface area contributed by atoms with E-state index in [1.54, 1.807) is 0 Å². The van der Waals surface area contributed by atoms with Gasteiger partial charge < -0.3 is 30.6 Å². The Balaban J connectivity index is 0.00000420. The first-order chi connectivity index (χ1) is 13.1. The van der Waals surface area contributed by atoms with Gasteiger partial charge in [-0.15, -0.1) is 11.8 Å². The van der Waals surface area contributed by atoms with Crippen LogP contribution in [0.3, 0.4) is 0 Å². The summed E-state index contributed by atoms with van der Waals surface area (Å²) >= 11 is 1.22. The largest absolute Gasteiger partial charge is 1.00 e.